The Labute approximate surface area is 129 Å². The summed E-state index contributed by atoms with van der Waals surface area (Å²) < 4.78 is 18.1. The van der Waals surface area contributed by atoms with Crippen LogP contribution < -0.4 is 15.2 Å². The van der Waals surface area contributed by atoms with Crippen LogP contribution in [0.15, 0.2) is 30.3 Å². The van der Waals surface area contributed by atoms with Gasteiger partial charge >= 0.3 is 0 Å². The predicted octanol–water partition coefficient (Wildman–Crippen LogP) is 2.78. The molecule has 0 spiro atoms. The van der Waals surface area contributed by atoms with Crippen LogP contribution in [0.1, 0.15) is 12.6 Å². The van der Waals surface area contributed by atoms with Gasteiger partial charge < -0.3 is 19.9 Å². The number of anilines is 1. The second-order valence-corrected chi connectivity index (χ2v) is 4.53. The van der Waals surface area contributed by atoms with Crippen LogP contribution in [0, 0.1) is 11.3 Å². The first kappa shape index (κ1) is 15.7. The molecule has 2 N–H and O–H groups in total. The molecule has 0 amide bonds. The molecule has 6 heteroatoms. The highest BCUT2D eigenvalue weighted by Gasteiger charge is 2.15. The molecule has 22 heavy (non-hydrogen) atoms. The lowest BCUT2D eigenvalue weighted by Gasteiger charge is -2.12. The molecule has 0 atom stereocenters. The molecule has 1 heterocycles. The standard InChI is InChI=1S/C16H19N3O3/c1-3-21-8-7-19-12(11-17)9-15(18)16(19)22-14-6-4-5-13(10-14)20-2/h4-6,9-10H,3,7-8,18H2,1-2H3. The zero-order valence-corrected chi connectivity index (χ0v) is 12.7. The van der Waals surface area contributed by atoms with Crippen LogP contribution in [0.4, 0.5) is 5.69 Å². The Bertz CT molecular complexity index is 674. The third kappa shape index (κ3) is 3.51. The van der Waals surface area contributed by atoms with Gasteiger partial charge in [-0.25, -0.2) is 0 Å². The van der Waals surface area contributed by atoms with Gasteiger partial charge in [0.15, 0.2) is 0 Å². The Balaban J connectivity index is 2.28. The van der Waals surface area contributed by atoms with Gasteiger partial charge in [0, 0.05) is 18.7 Å². The van der Waals surface area contributed by atoms with Gasteiger partial charge in [0.1, 0.15) is 23.3 Å². The third-order valence-corrected chi connectivity index (χ3v) is 3.11. The number of hydrogen-bond donors (Lipinski definition) is 1. The van der Waals surface area contributed by atoms with Crippen molar-refractivity contribution in [2.24, 2.45) is 0 Å². The summed E-state index contributed by atoms with van der Waals surface area (Å²) in [7, 11) is 1.59. The second kappa shape index (κ2) is 7.38. The average Bonchev–Trinajstić information content (AvgIpc) is 2.84. The average molecular weight is 301 g/mol. The first-order valence-corrected chi connectivity index (χ1v) is 6.98. The van der Waals surface area contributed by atoms with E-state index in [9.17, 15) is 5.26 Å². The van der Waals surface area contributed by atoms with E-state index in [-0.39, 0.29) is 0 Å². The number of aromatic nitrogens is 1. The molecule has 0 saturated carbocycles. The summed E-state index contributed by atoms with van der Waals surface area (Å²) in [5, 5.41) is 9.22. The second-order valence-electron chi connectivity index (χ2n) is 4.53. The van der Waals surface area contributed by atoms with E-state index in [1.54, 1.807) is 29.9 Å². The van der Waals surface area contributed by atoms with Crippen LogP contribution in [0.3, 0.4) is 0 Å². The molecular formula is C16H19N3O3. The molecule has 116 valence electrons. The van der Waals surface area contributed by atoms with Gasteiger partial charge in [0.05, 0.1) is 25.9 Å². The van der Waals surface area contributed by atoms with E-state index in [1.165, 1.54) is 0 Å². The molecule has 2 rings (SSSR count). The summed E-state index contributed by atoms with van der Waals surface area (Å²) in [5.41, 5.74) is 6.82. The van der Waals surface area contributed by atoms with E-state index in [4.69, 9.17) is 19.9 Å². The molecular weight excluding hydrogens is 282 g/mol. The minimum absolute atomic E-state index is 0.413. The summed E-state index contributed by atoms with van der Waals surface area (Å²) in [6, 6.07) is 10.9. The van der Waals surface area contributed by atoms with Crippen molar-refractivity contribution >= 4 is 5.69 Å². The van der Waals surface area contributed by atoms with Crippen molar-refractivity contribution in [2.45, 2.75) is 13.5 Å². The molecule has 2 aromatic rings. The number of ether oxygens (including phenoxy) is 3. The quantitative estimate of drug-likeness (QED) is 0.795. The third-order valence-electron chi connectivity index (χ3n) is 3.11. The van der Waals surface area contributed by atoms with Crippen molar-refractivity contribution in [1.82, 2.24) is 4.57 Å². The fourth-order valence-corrected chi connectivity index (χ4v) is 2.06. The van der Waals surface area contributed by atoms with Crippen molar-refractivity contribution < 1.29 is 14.2 Å². The van der Waals surface area contributed by atoms with Crippen LogP contribution in [0.5, 0.6) is 17.4 Å². The van der Waals surface area contributed by atoms with Gasteiger partial charge in [-0.1, -0.05) is 6.07 Å². The molecule has 0 fully saturated rings. The van der Waals surface area contributed by atoms with Crippen LogP contribution >= 0.6 is 0 Å². The Morgan fingerprint density at radius 1 is 1.27 bits per heavy atom. The molecule has 0 unspecified atom stereocenters. The Hall–Kier alpha value is -2.65. The Morgan fingerprint density at radius 2 is 2.05 bits per heavy atom. The maximum absolute atomic E-state index is 9.22. The van der Waals surface area contributed by atoms with E-state index < -0.39 is 0 Å². The van der Waals surface area contributed by atoms with E-state index in [0.717, 1.165) is 0 Å². The minimum atomic E-state index is 0.413. The normalized spacial score (nSPS) is 10.2. The first-order chi connectivity index (χ1) is 10.7. The summed E-state index contributed by atoms with van der Waals surface area (Å²) >= 11 is 0. The Kier molecular flexibility index (Phi) is 5.28. The van der Waals surface area contributed by atoms with Gasteiger partial charge in [-0.05, 0) is 19.1 Å². The number of nitriles is 1. The number of nitrogen functional groups attached to an aromatic ring is 1. The molecule has 6 nitrogen and oxygen atoms in total. The zero-order chi connectivity index (χ0) is 15.9. The molecule has 0 bridgehead atoms. The van der Waals surface area contributed by atoms with Gasteiger partial charge in [-0.15, -0.1) is 0 Å². The minimum Gasteiger partial charge on any atom is -0.497 e. The smallest absolute Gasteiger partial charge is 0.224 e. The van der Waals surface area contributed by atoms with Crippen molar-refractivity contribution in [1.29, 1.82) is 5.26 Å². The lowest BCUT2D eigenvalue weighted by atomic mass is 10.3. The lowest BCUT2D eigenvalue weighted by Crippen LogP contribution is -2.09. The fourth-order valence-electron chi connectivity index (χ4n) is 2.06. The number of nitrogens with two attached hydrogens (primary N) is 1. The van der Waals surface area contributed by atoms with Gasteiger partial charge in [-0.2, -0.15) is 5.26 Å². The first-order valence-electron chi connectivity index (χ1n) is 6.98. The van der Waals surface area contributed by atoms with E-state index in [2.05, 4.69) is 6.07 Å². The number of rotatable bonds is 7. The molecule has 0 aliphatic rings. The molecule has 0 saturated heterocycles. The van der Waals surface area contributed by atoms with Gasteiger partial charge in [0.2, 0.25) is 5.88 Å². The monoisotopic (exact) mass is 301 g/mol. The maximum atomic E-state index is 9.22. The number of nitrogens with zero attached hydrogens (tertiary/aromatic N) is 2. The highest BCUT2D eigenvalue weighted by Crippen LogP contribution is 2.32. The molecule has 0 radical (unpaired) electrons. The van der Waals surface area contributed by atoms with E-state index in [0.29, 0.717) is 48.5 Å². The highest BCUT2D eigenvalue weighted by molar-refractivity contribution is 5.56. The Morgan fingerprint density at radius 3 is 2.73 bits per heavy atom. The summed E-state index contributed by atoms with van der Waals surface area (Å²) in [6.45, 7) is 3.51. The van der Waals surface area contributed by atoms with Crippen LogP contribution in [0.25, 0.3) is 0 Å². The van der Waals surface area contributed by atoms with Crippen molar-refractivity contribution in [3.63, 3.8) is 0 Å². The van der Waals surface area contributed by atoms with Crippen LogP contribution in [0.2, 0.25) is 0 Å². The van der Waals surface area contributed by atoms with Gasteiger partial charge in [-0.3, -0.25) is 4.57 Å². The lowest BCUT2D eigenvalue weighted by molar-refractivity contribution is 0.137. The predicted molar refractivity (Wildman–Crippen MR) is 83.1 cm³/mol. The zero-order valence-electron chi connectivity index (χ0n) is 12.7. The topological polar surface area (TPSA) is 82.4 Å². The van der Waals surface area contributed by atoms with Crippen molar-refractivity contribution in [2.75, 3.05) is 26.1 Å². The van der Waals surface area contributed by atoms with E-state index in [1.807, 2.05) is 19.1 Å². The summed E-state index contributed by atoms with van der Waals surface area (Å²) in [4.78, 5) is 0. The largest absolute Gasteiger partial charge is 0.497 e. The van der Waals surface area contributed by atoms with Crippen LogP contribution in [-0.2, 0) is 11.3 Å². The molecule has 1 aromatic carbocycles. The molecule has 0 aliphatic carbocycles. The van der Waals surface area contributed by atoms with Gasteiger partial charge in [0.25, 0.3) is 0 Å². The number of hydrogen-bond acceptors (Lipinski definition) is 5. The maximum Gasteiger partial charge on any atom is 0.224 e. The fraction of sp³-hybridized carbons (Fsp3) is 0.312. The van der Waals surface area contributed by atoms with E-state index >= 15 is 0 Å². The summed E-state index contributed by atoms with van der Waals surface area (Å²) in [6.07, 6.45) is 0. The van der Waals surface area contributed by atoms with Crippen molar-refractivity contribution in [3.05, 3.63) is 36.0 Å². The number of methoxy groups -OCH3 is 1. The summed E-state index contributed by atoms with van der Waals surface area (Å²) in [5.74, 6) is 1.71. The SMILES string of the molecule is CCOCCn1c(C#N)cc(N)c1Oc1cccc(OC)c1. The van der Waals surface area contributed by atoms with Crippen LogP contribution in [-0.4, -0.2) is 24.9 Å². The molecule has 1 aromatic heterocycles. The number of benzene rings is 1. The van der Waals surface area contributed by atoms with Crippen molar-refractivity contribution in [3.8, 4) is 23.4 Å². The highest BCUT2D eigenvalue weighted by atomic mass is 16.5. The molecule has 0 aliphatic heterocycles.